The van der Waals surface area contributed by atoms with Gasteiger partial charge in [0.05, 0.1) is 0 Å². The molecule has 0 N–H and O–H groups in total. The van der Waals surface area contributed by atoms with E-state index in [4.69, 9.17) is 0 Å². The van der Waals surface area contributed by atoms with Crippen LogP contribution in [0.15, 0.2) is 59.7 Å². The van der Waals surface area contributed by atoms with Crippen LogP contribution in [-0.4, -0.2) is 4.70 Å². The quantitative estimate of drug-likeness (QED) is 0.0447. The first kappa shape index (κ1) is 44.3. The molecule has 0 spiro atoms. The van der Waals surface area contributed by atoms with Gasteiger partial charge in [-0.25, -0.2) is 4.70 Å². The molecule has 1 heterocycles. The smallest absolute Gasteiger partial charge is 0.211 e. The molecule has 1 aliphatic rings. The van der Waals surface area contributed by atoms with Crippen LogP contribution in [0.25, 0.3) is 16.9 Å². The summed E-state index contributed by atoms with van der Waals surface area (Å²) < 4.78 is 1.57. The summed E-state index contributed by atoms with van der Waals surface area (Å²) in [4.78, 5) is 0. The third kappa shape index (κ3) is 16.2. The van der Waals surface area contributed by atoms with Gasteiger partial charge >= 0.3 is 0 Å². The Morgan fingerprint density at radius 2 is 0.820 bits per heavy atom. The molecule has 0 bridgehead atoms. The summed E-state index contributed by atoms with van der Waals surface area (Å²) in [5.74, 6) is 0. The van der Waals surface area contributed by atoms with Crippen molar-refractivity contribution in [2.75, 3.05) is 0 Å². The SMILES string of the molecule is CCCCCCCCCCCCCCCCCCc1cccc(C2=C(CCCCCCCC)C(CCCC)=C(c3cccc(C)c3)[N+]2=[N-])c1.[Pd]. The van der Waals surface area contributed by atoms with Gasteiger partial charge in [0.1, 0.15) is 0 Å². The molecule has 3 rings (SSSR count). The topological polar surface area (TPSA) is 25.3 Å². The van der Waals surface area contributed by atoms with Crippen LogP contribution in [0.5, 0.6) is 0 Å². The van der Waals surface area contributed by atoms with E-state index in [9.17, 15) is 5.53 Å². The molecule has 2 nitrogen and oxygen atoms in total. The summed E-state index contributed by atoms with van der Waals surface area (Å²) in [5, 5.41) is 0. The zero-order valence-corrected chi connectivity index (χ0v) is 34.5. The largest absolute Gasteiger partial charge is 0.493 e. The van der Waals surface area contributed by atoms with E-state index in [-0.39, 0.29) is 20.4 Å². The summed E-state index contributed by atoms with van der Waals surface area (Å²) in [6.07, 6.45) is 35.7. The van der Waals surface area contributed by atoms with Crippen molar-refractivity contribution in [1.82, 2.24) is 0 Å². The fourth-order valence-corrected chi connectivity index (χ4v) is 7.76. The van der Waals surface area contributed by atoms with Crippen molar-refractivity contribution in [3.63, 3.8) is 0 Å². The van der Waals surface area contributed by atoms with Crippen molar-refractivity contribution in [3.05, 3.63) is 87.5 Å². The zero-order chi connectivity index (χ0) is 34.9. The van der Waals surface area contributed by atoms with Crippen LogP contribution in [0.3, 0.4) is 0 Å². The molecule has 0 saturated carbocycles. The van der Waals surface area contributed by atoms with Crippen molar-refractivity contribution >= 4 is 11.4 Å². The Bertz CT molecular complexity index is 1270. The van der Waals surface area contributed by atoms with E-state index >= 15 is 0 Å². The molecule has 0 aromatic heterocycles. The number of hydrogen-bond acceptors (Lipinski definition) is 0. The maximum absolute atomic E-state index is 12.0. The van der Waals surface area contributed by atoms with E-state index < -0.39 is 0 Å². The molecule has 0 fully saturated rings. The molecule has 0 atom stereocenters. The van der Waals surface area contributed by atoms with Gasteiger partial charge in [0.2, 0.25) is 11.4 Å². The second kappa shape index (κ2) is 27.8. The third-order valence-corrected chi connectivity index (χ3v) is 10.7. The number of rotatable bonds is 29. The number of allylic oxidation sites excluding steroid dienone is 2. The average molecular weight is 774 g/mol. The Hall–Kier alpha value is -1.82. The number of unbranched alkanes of at least 4 members (excludes halogenated alkanes) is 21. The first-order chi connectivity index (χ1) is 24.1. The fourth-order valence-electron chi connectivity index (χ4n) is 7.76. The molecule has 1 aliphatic heterocycles. The average Bonchev–Trinajstić information content (AvgIpc) is 3.39. The van der Waals surface area contributed by atoms with Crippen molar-refractivity contribution in [1.29, 1.82) is 0 Å². The molecule has 0 saturated heterocycles. The molecule has 282 valence electrons. The number of nitrogens with zero attached hydrogens (tertiary/aromatic N) is 2. The van der Waals surface area contributed by atoms with Gasteiger partial charge in [0, 0.05) is 42.7 Å². The van der Waals surface area contributed by atoms with Crippen LogP contribution in [0.1, 0.15) is 210 Å². The summed E-state index contributed by atoms with van der Waals surface area (Å²) >= 11 is 0. The number of benzene rings is 2. The first-order valence-corrected chi connectivity index (χ1v) is 21.2. The molecule has 0 amide bonds. The van der Waals surface area contributed by atoms with E-state index in [2.05, 4.69) is 76.2 Å². The normalized spacial score (nSPS) is 13.1. The van der Waals surface area contributed by atoms with Gasteiger partial charge in [-0.3, -0.25) is 0 Å². The second-order valence-electron chi connectivity index (χ2n) is 15.2. The van der Waals surface area contributed by atoms with Gasteiger partial charge in [-0.1, -0.05) is 185 Å². The summed E-state index contributed by atoms with van der Waals surface area (Å²) in [7, 11) is 0. The van der Waals surface area contributed by atoms with Gasteiger partial charge in [-0.2, -0.15) is 0 Å². The van der Waals surface area contributed by atoms with Gasteiger partial charge in [0.25, 0.3) is 0 Å². The predicted molar refractivity (Wildman–Crippen MR) is 216 cm³/mol. The summed E-state index contributed by atoms with van der Waals surface area (Å²) in [6.45, 7) is 9.02. The van der Waals surface area contributed by atoms with Crippen molar-refractivity contribution in [3.8, 4) is 0 Å². The van der Waals surface area contributed by atoms with Crippen LogP contribution >= 0.6 is 0 Å². The number of aryl methyl sites for hydroxylation is 2. The molecule has 0 radical (unpaired) electrons. The van der Waals surface area contributed by atoms with E-state index in [0.717, 1.165) is 49.1 Å². The van der Waals surface area contributed by atoms with Crippen LogP contribution in [0, 0.1) is 6.92 Å². The minimum Gasteiger partial charge on any atom is -0.493 e. The van der Waals surface area contributed by atoms with Gasteiger partial charge < -0.3 is 5.53 Å². The van der Waals surface area contributed by atoms with E-state index in [0.29, 0.717) is 0 Å². The van der Waals surface area contributed by atoms with Crippen LogP contribution in [-0.2, 0) is 26.8 Å². The van der Waals surface area contributed by atoms with Crippen LogP contribution in [0.2, 0.25) is 0 Å². The van der Waals surface area contributed by atoms with Crippen molar-refractivity contribution in [2.45, 2.75) is 201 Å². The fraction of sp³-hybridized carbons (Fsp3) is 0.660. The van der Waals surface area contributed by atoms with Crippen molar-refractivity contribution < 1.29 is 25.1 Å². The van der Waals surface area contributed by atoms with E-state index in [1.807, 2.05) is 0 Å². The van der Waals surface area contributed by atoms with Gasteiger partial charge in [0.15, 0.2) is 0 Å². The molecule has 2 aromatic rings. The van der Waals surface area contributed by atoms with Gasteiger partial charge in [-0.15, -0.1) is 0 Å². The minimum atomic E-state index is 0. The molecule has 0 aliphatic carbocycles. The maximum Gasteiger partial charge on any atom is 0.211 e. The standard InChI is InChI=1S/C47H74N2.Pd/c1-5-8-11-13-15-16-17-18-19-20-21-22-23-24-25-27-32-41-33-30-35-43(39-41)47-45(37-28-26-14-12-9-6-2)44(36-10-7-3)46(49(47)48)42-34-29-31-40(4)38-42;/h29-31,33-35,38-39H,5-28,32,36-37H2,1-4H3;. The van der Waals surface area contributed by atoms with Crippen molar-refractivity contribution in [2.24, 2.45) is 0 Å². The third-order valence-electron chi connectivity index (χ3n) is 10.7. The Labute approximate surface area is 323 Å². The molecular formula is C47H74N2Pd. The Morgan fingerprint density at radius 1 is 0.440 bits per heavy atom. The first-order valence-electron chi connectivity index (χ1n) is 21.2. The van der Waals surface area contributed by atoms with Crippen LogP contribution in [0.4, 0.5) is 0 Å². The molecule has 2 aromatic carbocycles. The second-order valence-corrected chi connectivity index (χ2v) is 15.2. The number of hydrogen-bond donors (Lipinski definition) is 0. The molecule has 0 unspecified atom stereocenters. The Balaban J connectivity index is 0.00000867. The maximum atomic E-state index is 12.0. The Kier molecular flexibility index (Phi) is 24.6. The van der Waals surface area contributed by atoms with E-state index in [1.54, 1.807) is 4.70 Å². The minimum absolute atomic E-state index is 0. The summed E-state index contributed by atoms with van der Waals surface area (Å²) in [5.41, 5.74) is 21.7. The summed E-state index contributed by atoms with van der Waals surface area (Å²) in [6, 6.07) is 17.8. The molecule has 50 heavy (non-hydrogen) atoms. The van der Waals surface area contributed by atoms with Crippen LogP contribution < -0.4 is 0 Å². The predicted octanol–water partition coefficient (Wildman–Crippen LogP) is 15.9. The van der Waals surface area contributed by atoms with E-state index in [1.165, 1.54) is 169 Å². The zero-order valence-electron chi connectivity index (χ0n) is 32.9. The molecular weight excluding hydrogens is 699 g/mol. The molecule has 3 heteroatoms. The monoisotopic (exact) mass is 772 g/mol. The Morgan fingerprint density at radius 3 is 1.28 bits per heavy atom. The van der Waals surface area contributed by atoms with Gasteiger partial charge in [-0.05, 0) is 75.3 Å².